The highest BCUT2D eigenvalue weighted by atomic mass is 79.9. The summed E-state index contributed by atoms with van der Waals surface area (Å²) in [4.78, 5) is 54.1. The number of thiazole rings is 1. The Morgan fingerprint density at radius 1 is 1.06 bits per heavy atom. The van der Waals surface area contributed by atoms with Gasteiger partial charge in [0, 0.05) is 11.4 Å². The van der Waals surface area contributed by atoms with E-state index in [9.17, 15) is 19.2 Å². The topological polar surface area (TPSA) is 133 Å². The molecule has 1 aliphatic heterocycles. The van der Waals surface area contributed by atoms with Gasteiger partial charge in [-0.25, -0.2) is 14.6 Å². The summed E-state index contributed by atoms with van der Waals surface area (Å²) in [7, 11) is 0. The van der Waals surface area contributed by atoms with Gasteiger partial charge in [-0.2, -0.15) is 0 Å². The number of aromatic nitrogens is 1. The van der Waals surface area contributed by atoms with Crippen LogP contribution in [0.1, 0.15) is 27.7 Å². The molecule has 2 N–H and O–H groups in total. The summed E-state index contributed by atoms with van der Waals surface area (Å²) >= 11 is 4.41. The number of amides is 1. The van der Waals surface area contributed by atoms with Crippen LogP contribution in [-0.4, -0.2) is 48.6 Å². The Bertz CT molecular complexity index is 914. The lowest BCUT2D eigenvalue weighted by atomic mass is 9.85. The van der Waals surface area contributed by atoms with Crippen LogP contribution in [-0.2, 0) is 33.4 Å². The summed E-state index contributed by atoms with van der Waals surface area (Å²) in [6, 6.07) is 0. The molecule has 0 aromatic carbocycles. The summed E-state index contributed by atoms with van der Waals surface area (Å²) in [6.07, 6.45) is 1.51. The highest BCUT2D eigenvalue weighted by molar-refractivity contribution is 9.11. The molecular weight excluding hydrogens is 494 g/mol. The molecule has 0 radical (unpaired) electrons. The molecule has 0 atom stereocenters. The van der Waals surface area contributed by atoms with E-state index in [0.29, 0.717) is 20.3 Å². The quantitative estimate of drug-likeness (QED) is 0.394. The van der Waals surface area contributed by atoms with Crippen molar-refractivity contribution in [2.24, 2.45) is 5.92 Å². The number of dihydropyridines is 1. The standard InChI is InChI=1S/C19H22BrN3O7S/c1-5-28-16(25)13-9(3)22-10(4)14(17(26)29-6-2)15(13)18(27)30-8-12(24)23-19-21-7-11(20)31-19/h7,15,22H,5-6,8H2,1-4H3,(H,21,23,24). The van der Waals surface area contributed by atoms with Gasteiger partial charge < -0.3 is 19.5 Å². The van der Waals surface area contributed by atoms with Gasteiger partial charge in [-0.05, 0) is 43.6 Å². The lowest BCUT2D eigenvalue weighted by Gasteiger charge is -2.28. The lowest BCUT2D eigenvalue weighted by Crippen LogP contribution is -2.39. The second kappa shape index (κ2) is 11.0. The zero-order valence-electron chi connectivity index (χ0n) is 17.4. The van der Waals surface area contributed by atoms with E-state index in [0.717, 1.165) is 0 Å². The van der Waals surface area contributed by atoms with Crippen LogP contribution in [0.15, 0.2) is 32.5 Å². The molecule has 1 aromatic heterocycles. The number of allylic oxidation sites excluding steroid dienone is 2. The van der Waals surface area contributed by atoms with Gasteiger partial charge in [0.25, 0.3) is 5.91 Å². The molecule has 10 nitrogen and oxygen atoms in total. The molecule has 2 rings (SSSR count). The third kappa shape index (κ3) is 6.14. The molecule has 0 saturated carbocycles. The average Bonchev–Trinajstić information content (AvgIpc) is 3.10. The van der Waals surface area contributed by atoms with Crippen molar-refractivity contribution in [1.82, 2.24) is 10.3 Å². The second-order valence-electron chi connectivity index (χ2n) is 6.20. The molecule has 31 heavy (non-hydrogen) atoms. The third-order valence-electron chi connectivity index (χ3n) is 4.06. The second-order valence-corrected chi connectivity index (χ2v) is 8.61. The fourth-order valence-electron chi connectivity index (χ4n) is 2.88. The predicted octanol–water partition coefficient (Wildman–Crippen LogP) is 2.28. The van der Waals surface area contributed by atoms with Gasteiger partial charge in [0.2, 0.25) is 0 Å². The van der Waals surface area contributed by atoms with Crippen molar-refractivity contribution < 1.29 is 33.4 Å². The minimum atomic E-state index is -1.40. The maximum absolute atomic E-state index is 13.0. The molecule has 0 spiro atoms. The zero-order chi connectivity index (χ0) is 23.1. The van der Waals surface area contributed by atoms with Crippen LogP contribution in [0, 0.1) is 5.92 Å². The zero-order valence-corrected chi connectivity index (χ0v) is 19.8. The van der Waals surface area contributed by atoms with Gasteiger partial charge in [-0.3, -0.25) is 14.9 Å². The molecule has 12 heteroatoms. The maximum atomic E-state index is 13.0. The molecule has 168 valence electrons. The molecule has 0 unspecified atom stereocenters. The first kappa shape index (κ1) is 24.5. The van der Waals surface area contributed by atoms with Crippen molar-refractivity contribution >= 4 is 56.2 Å². The van der Waals surface area contributed by atoms with E-state index in [1.807, 2.05) is 0 Å². The summed E-state index contributed by atoms with van der Waals surface area (Å²) in [6.45, 7) is 5.89. The van der Waals surface area contributed by atoms with E-state index in [-0.39, 0.29) is 24.4 Å². The Morgan fingerprint density at radius 2 is 1.61 bits per heavy atom. The molecular formula is C19H22BrN3O7S. The van der Waals surface area contributed by atoms with E-state index in [2.05, 4.69) is 31.5 Å². The first-order valence-corrected chi connectivity index (χ1v) is 10.9. The number of nitrogens with zero attached hydrogens (tertiary/aromatic N) is 1. The largest absolute Gasteiger partial charge is 0.463 e. The molecule has 0 saturated heterocycles. The molecule has 1 aromatic rings. The fourth-order valence-corrected chi connectivity index (χ4v) is 4.00. The number of carbonyl (C=O) groups is 4. The Labute approximate surface area is 191 Å². The lowest BCUT2D eigenvalue weighted by molar-refractivity contribution is -0.153. The van der Waals surface area contributed by atoms with Crippen molar-refractivity contribution in [1.29, 1.82) is 0 Å². The molecule has 0 fully saturated rings. The van der Waals surface area contributed by atoms with Crippen molar-refractivity contribution in [3.63, 3.8) is 0 Å². The van der Waals surface area contributed by atoms with E-state index in [1.54, 1.807) is 27.7 Å². The van der Waals surface area contributed by atoms with Crippen LogP contribution in [0.4, 0.5) is 5.13 Å². The highest BCUT2D eigenvalue weighted by Crippen LogP contribution is 2.32. The molecule has 2 heterocycles. The number of hydrogen-bond acceptors (Lipinski definition) is 10. The van der Waals surface area contributed by atoms with Crippen molar-refractivity contribution in [2.75, 3.05) is 25.1 Å². The Morgan fingerprint density at radius 3 is 2.06 bits per heavy atom. The first-order chi connectivity index (χ1) is 14.7. The van der Waals surface area contributed by atoms with Crippen LogP contribution in [0.2, 0.25) is 0 Å². The van der Waals surface area contributed by atoms with Gasteiger partial charge >= 0.3 is 17.9 Å². The Kier molecular flexibility index (Phi) is 8.75. The van der Waals surface area contributed by atoms with Gasteiger partial charge in [-0.15, -0.1) is 0 Å². The minimum absolute atomic E-state index is 0.0700. The molecule has 0 bridgehead atoms. The van der Waals surface area contributed by atoms with E-state index in [4.69, 9.17) is 14.2 Å². The van der Waals surface area contributed by atoms with Crippen molar-refractivity contribution in [3.8, 4) is 0 Å². The summed E-state index contributed by atoms with van der Waals surface area (Å²) < 4.78 is 16.0. The number of rotatable bonds is 8. The molecule has 1 aliphatic rings. The van der Waals surface area contributed by atoms with Gasteiger partial charge in [0.05, 0.1) is 34.3 Å². The summed E-state index contributed by atoms with van der Waals surface area (Å²) in [5, 5.41) is 5.71. The number of halogens is 1. The van der Waals surface area contributed by atoms with E-state index in [1.165, 1.54) is 17.5 Å². The van der Waals surface area contributed by atoms with Crippen LogP contribution in [0.25, 0.3) is 0 Å². The maximum Gasteiger partial charge on any atom is 0.337 e. The normalized spacial score (nSPS) is 14.1. The fraction of sp³-hybridized carbons (Fsp3) is 0.421. The van der Waals surface area contributed by atoms with Gasteiger partial charge in [0.1, 0.15) is 5.92 Å². The van der Waals surface area contributed by atoms with Crippen molar-refractivity contribution in [3.05, 3.63) is 32.5 Å². The average molecular weight is 516 g/mol. The van der Waals surface area contributed by atoms with E-state index >= 15 is 0 Å². The van der Waals surface area contributed by atoms with Gasteiger partial charge in [-0.1, -0.05) is 11.3 Å². The Balaban J connectivity index is 2.26. The molecule has 0 aliphatic carbocycles. The van der Waals surface area contributed by atoms with E-state index < -0.39 is 36.3 Å². The number of nitrogens with one attached hydrogen (secondary N) is 2. The number of ether oxygens (including phenoxy) is 3. The number of hydrogen-bond donors (Lipinski definition) is 2. The molecule has 1 amide bonds. The smallest absolute Gasteiger partial charge is 0.337 e. The first-order valence-electron chi connectivity index (χ1n) is 9.30. The highest BCUT2D eigenvalue weighted by Gasteiger charge is 2.42. The number of esters is 3. The van der Waals surface area contributed by atoms with Crippen LogP contribution in [0.3, 0.4) is 0 Å². The summed E-state index contributed by atoms with van der Waals surface area (Å²) in [5.74, 6) is -4.54. The van der Waals surface area contributed by atoms with Crippen LogP contribution < -0.4 is 10.6 Å². The monoisotopic (exact) mass is 515 g/mol. The van der Waals surface area contributed by atoms with Crippen LogP contribution >= 0.6 is 27.3 Å². The third-order valence-corrected chi connectivity index (χ3v) is 5.45. The number of carbonyl (C=O) groups excluding carboxylic acids is 4. The summed E-state index contributed by atoms with van der Waals surface area (Å²) in [5.41, 5.74) is 0.514. The number of anilines is 1. The van der Waals surface area contributed by atoms with Crippen LogP contribution in [0.5, 0.6) is 0 Å². The SMILES string of the molecule is CCOC(=O)C1=C(C)NC(C)=C(C(=O)OCC)C1C(=O)OCC(=O)Nc1ncc(Br)s1. The Hall–Kier alpha value is -2.73. The van der Waals surface area contributed by atoms with Crippen molar-refractivity contribution in [2.45, 2.75) is 27.7 Å². The predicted molar refractivity (Wildman–Crippen MR) is 115 cm³/mol. The van der Waals surface area contributed by atoms with Gasteiger partial charge in [0.15, 0.2) is 11.7 Å². The minimum Gasteiger partial charge on any atom is -0.463 e.